The Morgan fingerprint density at radius 3 is 2.61 bits per heavy atom. The van der Waals surface area contributed by atoms with E-state index in [1.54, 1.807) is 11.0 Å². The van der Waals surface area contributed by atoms with Crippen molar-refractivity contribution < 1.29 is 14.3 Å². The highest BCUT2D eigenvalue weighted by Crippen LogP contribution is 2.45. The Kier molecular flexibility index (Phi) is 7.49. The molecule has 2 aliphatic heterocycles. The molecule has 0 radical (unpaired) electrons. The van der Waals surface area contributed by atoms with Crippen molar-refractivity contribution >= 4 is 40.4 Å². The van der Waals surface area contributed by atoms with Gasteiger partial charge in [0.15, 0.2) is 5.17 Å². The van der Waals surface area contributed by atoms with Crippen LogP contribution < -0.4 is 0 Å². The average Bonchev–Trinajstić information content (AvgIpc) is 3.09. The van der Waals surface area contributed by atoms with Gasteiger partial charge in [-0.2, -0.15) is 0 Å². The van der Waals surface area contributed by atoms with E-state index in [4.69, 9.17) is 16.3 Å². The fourth-order valence-corrected chi connectivity index (χ4v) is 4.91. The number of amides is 1. The number of hydrogen-bond donors (Lipinski definition) is 0. The van der Waals surface area contributed by atoms with Gasteiger partial charge in [0.2, 0.25) is 5.91 Å². The Hall–Kier alpha value is -2.25. The van der Waals surface area contributed by atoms with E-state index in [1.807, 2.05) is 63.1 Å². The summed E-state index contributed by atoms with van der Waals surface area (Å²) in [5, 5.41) is 3.26. The number of thioether (sulfide) groups is 1. The van der Waals surface area contributed by atoms with Crippen LogP contribution in [0.15, 0.2) is 51.6 Å². The second-order valence-corrected chi connectivity index (χ2v) is 8.92. The smallest absolute Gasteiger partial charge is 0.338 e. The van der Waals surface area contributed by atoms with Gasteiger partial charge < -0.3 is 14.5 Å². The quantitative estimate of drug-likeness (QED) is 0.527. The molecule has 31 heavy (non-hydrogen) atoms. The second-order valence-electron chi connectivity index (χ2n) is 7.64. The molecule has 0 bridgehead atoms. The Morgan fingerprint density at radius 2 is 2.00 bits per heavy atom. The minimum Gasteiger partial charge on any atom is -0.459 e. The minimum absolute atomic E-state index is 0.0422. The molecule has 1 aromatic carbocycles. The zero-order valence-corrected chi connectivity index (χ0v) is 20.1. The highest BCUT2D eigenvalue weighted by atomic mass is 35.5. The molecule has 1 amide bonds. The molecule has 0 aromatic heterocycles. The van der Waals surface area contributed by atoms with E-state index in [0.717, 1.165) is 16.4 Å². The first-order valence-electron chi connectivity index (χ1n) is 10.4. The largest absolute Gasteiger partial charge is 0.459 e. The van der Waals surface area contributed by atoms with Crippen molar-refractivity contribution in [3.63, 3.8) is 0 Å². The molecule has 1 aromatic rings. The number of amidine groups is 1. The summed E-state index contributed by atoms with van der Waals surface area (Å²) in [7, 11) is 0. The van der Waals surface area contributed by atoms with Gasteiger partial charge in [-0.3, -0.25) is 4.79 Å². The van der Waals surface area contributed by atoms with Crippen LogP contribution >= 0.6 is 23.4 Å². The summed E-state index contributed by atoms with van der Waals surface area (Å²) >= 11 is 7.75. The zero-order valence-electron chi connectivity index (χ0n) is 18.5. The van der Waals surface area contributed by atoms with Crippen LogP contribution in [0.2, 0.25) is 5.02 Å². The SMILES string of the molecule is CCN(CC)C(=O)CC1=CSC2=NC(C)=C(C(=O)OC(C)C)C(c3cccc(Cl)c3)N12. The molecular formula is C23H28ClN3O3S. The van der Waals surface area contributed by atoms with E-state index in [2.05, 4.69) is 4.99 Å². The lowest BCUT2D eigenvalue weighted by molar-refractivity contribution is -0.143. The van der Waals surface area contributed by atoms with Crippen LogP contribution in [0.1, 0.15) is 52.6 Å². The minimum atomic E-state index is -0.469. The first-order valence-corrected chi connectivity index (χ1v) is 11.7. The van der Waals surface area contributed by atoms with Gasteiger partial charge in [-0.15, -0.1) is 0 Å². The lowest BCUT2D eigenvalue weighted by Crippen LogP contribution is -2.39. The Morgan fingerprint density at radius 1 is 1.29 bits per heavy atom. The number of rotatable bonds is 7. The van der Waals surface area contributed by atoms with Gasteiger partial charge in [-0.05, 0) is 57.7 Å². The van der Waals surface area contributed by atoms with Crippen molar-refractivity contribution in [3.8, 4) is 0 Å². The third-order valence-electron chi connectivity index (χ3n) is 5.18. The number of fused-ring (bicyclic) bond motifs is 1. The molecule has 2 aliphatic rings. The van der Waals surface area contributed by atoms with Gasteiger partial charge in [0.05, 0.1) is 29.8 Å². The highest BCUT2D eigenvalue weighted by molar-refractivity contribution is 8.16. The van der Waals surface area contributed by atoms with E-state index in [-0.39, 0.29) is 18.4 Å². The number of hydrogen-bond acceptors (Lipinski definition) is 6. The maximum absolute atomic E-state index is 13.1. The number of carbonyl (C=O) groups is 2. The van der Waals surface area contributed by atoms with Crippen LogP contribution in [0.5, 0.6) is 0 Å². The first kappa shape index (κ1) is 23.4. The van der Waals surface area contributed by atoms with Crippen molar-refractivity contribution in [2.75, 3.05) is 13.1 Å². The Balaban J connectivity index is 2.05. The lowest BCUT2D eigenvalue weighted by atomic mass is 9.94. The van der Waals surface area contributed by atoms with Crippen molar-refractivity contribution in [3.05, 3.63) is 57.2 Å². The van der Waals surface area contributed by atoms with Crippen LogP contribution in [0.25, 0.3) is 0 Å². The van der Waals surface area contributed by atoms with E-state index in [0.29, 0.717) is 29.4 Å². The van der Waals surface area contributed by atoms with Crippen LogP contribution in [0.4, 0.5) is 0 Å². The molecule has 0 fully saturated rings. The van der Waals surface area contributed by atoms with E-state index in [9.17, 15) is 9.59 Å². The van der Waals surface area contributed by atoms with Crippen LogP contribution in [-0.2, 0) is 14.3 Å². The number of esters is 1. The summed E-state index contributed by atoms with van der Waals surface area (Å²) in [6, 6.07) is 6.96. The Bertz CT molecular complexity index is 967. The average molecular weight is 462 g/mol. The van der Waals surface area contributed by atoms with Crippen LogP contribution in [0, 0.1) is 0 Å². The molecule has 3 rings (SSSR count). The molecule has 1 atom stereocenters. The van der Waals surface area contributed by atoms with Gasteiger partial charge in [0.1, 0.15) is 0 Å². The van der Waals surface area contributed by atoms with Crippen molar-refractivity contribution in [1.82, 2.24) is 9.80 Å². The fraction of sp³-hybridized carbons (Fsp3) is 0.435. The number of benzene rings is 1. The van der Waals surface area contributed by atoms with E-state index < -0.39 is 12.0 Å². The topological polar surface area (TPSA) is 62.2 Å². The molecule has 2 heterocycles. The molecule has 1 unspecified atom stereocenters. The van der Waals surface area contributed by atoms with Crippen LogP contribution in [0.3, 0.4) is 0 Å². The highest BCUT2D eigenvalue weighted by Gasteiger charge is 2.41. The standard InChI is InChI=1S/C23H28ClN3O3S/c1-6-26(7-2)19(28)12-18-13-31-23-25-15(5)20(22(29)30-14(3)4)21(27(18)23)16-9-8-10-17(24)11-16/h8-11,13-14,21H,6-7,12H2,1-5H3. The number of aliphatic imine (C=N–C) groups is 1. The zero-order chi connectivity index (χ0) is 22.7. The Labute approximate surface area is 193 Å². The molecule has 6 nitrogen and oxygen atoms in total. The number of carbonyl (C=O) groups excluding carboxylic acids is 2. The summed E-state index contributed by atoms with van der Waals surface area (Å²) in [4.78, 5) is 34.4. The molecule has 0 saturated heterocycles. The van der Waals surface area contributed by atoms with E-state index in [1.165, 1.54) is 11.8 Å². The monoisotopic (exact) mass is 461 g/mol. The second kappa shape index (κ2) is 9.92. The fourth-order valence-electron chi connectivity index (χ4n) is 3.74. The maximum atomic E-state index is 13.1. The summed E-state index contributed by atoms with van der Waals surface area (Å²) in [6.45, 7) is 10.7. The van der Waals surface area contributed by atoms with Crippen LogP contribution in [-0.4, -0.2) is 46.0 Å². The maximum Gasteiger partial charge on any atom is 0.338 e. The summed E-state index contributed by atoms with van der Waals surface area (Å²) in [6.07, 6.45) is -0.0264. The predicted molar refractivity (Wildman–Crippen MR) is 126 cm³/mol. The molecule has 0 saturated carbocycles. The normalized spacial score (nSPS) is 18.0. The molecule has 0 spiro atoms. The van der Waals surface area contributed by atoms with Gasteiger partial charge in [-0.25, -0.2) is 9.79 Å². The van der Waals surface area contributed by atoms with Gasteiger partial charge in [0.25, 0.3) is 0 Å². The lowest BCUT2D eigenvalue weighted by Gasteiger charge is -2.36. The van der Waals surface area contributed by atoms with Gasteiger partial charge in [0, 0.05) is 23.8 Å². The van der Waals surface area contributed by atoms with Crippen molar-refractivity contribution in [1.29, 1.82) is 0 Å². The van der Waals surface area contributed by atoms with Gasteiger partial charge in [-0.1, -0.05) is 35.5 Å². The molecule has 0 N–H and O–H groups in total. The number of allylic oxidation sites excluding steroid dienone is 1. The number of ether oxygens (including phenoxy) is 1. The summed E-state index contributed by atoms with van der Waals surface area (Å²) in [5.74, 6) is -0.368. The molecule has 8 heteroatoms. The van der Waals surface area contributed by atoms with E-state index >= 15 is 0 Å². The van der Waals surface area contributed by atoms with Crippen molar-refractivity contribution in [2.45, 2.75) is 53.2 Å². The van der Waals surface area contributed by atoms with Gasteiger partial charge >= 0.3 is 5.97 Å². The number of nitrogens with zero attached hydrogens (tertiary/aromatic N) is 3. The van der Waals surface area contributed by atoms with Crippen molar-refractivity contribution in [2.24, 2.45) is 4.99 Å². The summed E-state index contributed by atoms with van der Waals surface area (Å²) < 4.78 is 5.55. The molecular weight excluding hydrogens is 434 g/mol. The molecule has 0 aliphatic carbocycles. The third kappa shape index (κ3) is 4.99. The predicted octanol–water partition coefficient (Wildman–Crippen LogP) is 5.13. The molecule has 166 valence electrons. The third-order valence-corrected chi connectivity index (χ3v) is 6.30. The summed E-state index contributed by atoms with van der Waals surface area (Å²) in [5.41, 5.74) is 2.73. The first-order chi connectivity index (χ1) is 14.8. The number of halogens is 1.